The molecule has 3 nitrogen and oxygen atoms in total. The van der Waals surface area contributed by atoms with E-state index < -0.39 is 9.84 Å². The van der Waals surface area contributed by atoms with E-state index in [4.69, 9.17) is 4.74 Å². The fourth-order valence-electron chi connectivity index (χ4n) is 1.45. The monoisotopic (exact) mass is 192 g/mol. The minimum atomic E-state index is -2.95. The average molecular weight is 192 g/mol. The molecule has 4 heteroatoms. The molecule has 0 atom stereocenters. The Hall–Kier alpha value is -0.0900. The van der Waals surface area contributed by atoms with Crippen molar-refractivity contribution in [3.63, 3.8) is 0 Å². The van der Waals surface area contributed by atoms with E-state index in [1.807, 2.05) is 0 Å². The number of ether oxygens (including phenoxy) is 1. The molecule has 0 spiro atoms. The second-order valence-corrected chi connectivity index (χ2v) is 5.56. The zero-order chi connectivity index (χ0) is 9.03. The first-order valence-corrected chi connectivity index (χ1v) is 6.43. The van der Waals surface area contributed by atoms with Gasteiger partial charge < -0.3 is 4.74 Å². The lowest BCUT2D eigenvalue weighted by atomic mass is 9.98. The summed E-state index contributed by atoms with van der Waals surface area (Å²) in [7, 11) is -2.95. The van der Waals surface area contributed by atoms with Crippen molar-refractivity contribution in [2.75, 3.05) is 12.2 Å². The molecule has 12 heavy (non-hydrogen) atoms. The second-order valence-electron chi connectivity index (χ2n) is 3.47. The molecule has 1 fully saturated rings. The minimum absolute atomic E-state index is 0.113. The van der Waals surface area contributed by atoms with Gasteiger partial charge in [-0.25, -0.2) is 8.42 Å². The molecule has 1 rings (SSSR count). The van der Waals surface area contributed by atoms with Crippen LogP contribution in [0.5, 0.6) is 0 Å². The lowest BCUT2D eigenvalue weighted by Crippen LogP contribution is -2.20. The SMILES string of the molecule is CS(=O)(=O)COC1CCCCC1. The molecule has 0 aromatic rings. The Morgan fingerprint density at radius 1 is 1.25 bits per heavy atom. The first kappa shape index (κ1) is 9.99. The molecule has 0 unspecified atom stereocenters. The van der Waals surface area contributed by atoms with Gasteiger partial charge in [0.1, 0.15) is 5.94 Å². The molecule has 1 aliphatic rings. The fraction of sp³-hybridized carbons (Fsp3) is 1.00. The minimum Gasteiger partial charge on any atom is -0.362 e. The van der Waals surface area contributed by atoms with E-state index in [1.54, 1.807) is 0 Å². The molecular formula is C8H16O3S. The highest BCUT2D eigenvalue weighted by atomic mass is 32.2. The van der Waals surface area contributed by atoms with Gasteiger partial charge in [-0.05, 0) is 12.8 Å². The highest BCUT2D eigenvalue weighted by Gasteiger charge is 2.15. The van der Waals surface area contributed by atoms with Crippen molar-refractivity contribution in [3.05, 3.63) is 0 Å². The number of hydrogen-bond donors (Lipinski definition) is 0. The maximum Gasteiger partial charge on any atom is 0.171 e. The van der Waals surface area contributed by atoms with E-state index in [2.05, 4.69) is 0 Å². The summed E-state index contributed by atoms with van der Waals surface area (Å²) in [6.07, 6.45) is 7.05. The van der Waals surface area contributed by atoms with Crippen molar-refractivity contribution in [2.24, 2.45) is 0 Å². The van der Waals surface area contributed by atoms with Gasteiger partial charge in [-0.1, -0.05) is 19.3 Å². The maximum atomic E-state index is 10.7. The van der Waals surface area contributed by atoms with Crippen LogP contribution in [0.1, 0.15) is 32.1 Å². The second kappa shape index (κ2) is 4.23. The summed E-state index contributed by atoms with van der Waals surface area (Å²) in [6.45, 7) is 0. The summed E-state index contributed by atoms with van der Waals surface area (Å²) >= 11 is 0. The molecule has 0 amide bonds. The van der Waals surface area contributed by atoms with Crippen LogP contribution in [-0.4, -0.2) is 26.7 Å². The largest absolute Gasteiger partial charge is 0.362 e. The molecule has 0 aliphatic heterocycles. The molecule has 0 saturated heterocycles. The van der Waals surface area contributed by atoms with Crippen LogP contribution < -0.4 is 0 Å². The van der Waals surface area contributed by atoms with Gasteiger partial charge in [-0.3, -0.25) is 0 Å². The number of rotatable bonds is 3. The van der Waals surface area contributed by atoms with Crippen LogP contribution in [0.2, 0.25) is 0 Å². The molecule has 0 radical (unpaired) electrons. The zero-order valence-electron chi connectivity index (χ0n) is 7.45. The van der Waals surface area contributed by atoms with Crippen LogP contribution in [0.25, 0.3) is 0 Å². The van der Waals surface area contributed by atoms with Crippen molar-refractivity contribution in [3.8, 4) is 0 Å². The van der Waals surface area contributed by atoms with Gasteiger partial charge in [-0.15, -0.1) is 0 Å². The van der Waals surface area contributed by atoms with Gasteiger partial charge in [0.05, 0.1) is 6.10 Å². The smallest absolute Gasteiger partial charge is 0.171 e. The quantitative estimate of drug-likeness (QED) is 0.677. The predicted molar refractivity (Wildman–Crippen MR) is 47.7 cm³/mol. The van der Waals surface area contributed by atoms with Gasteiger partial charge in [-0.2, -0.15) is 0 Å². The summed E-state index contributed by atoms with van der Waals surface area (Å²) < 4.78 is 26.8. The van der Waals surface area contributed by atoms with E-state index in [1.165, 1.54) is 25.5 Å². The van der Waals surface area contributed by atoms with Crippen LogP contribution in [0.4, 0.5) is 0 Å². The van der Waals surface area contributed by atoms with Crippen LogP contribution in [0.3, 0.4) is 0 Å². The highest BCUT2D eigenvalue weighted by molar-refractivity contribution is 7.90. The number of sulfone groups is 1. The van der Waals surface area contributed by atoms with Crippen LogP contribution >= 0.6 is 0 Å². The fourth-order valence-corrected chi connectivity index (χ4v) is 1.89. The number of hydrogen-bond acceptors (Lipinski definition) is 3. The van der Waals surface area contributed by atoms with E-state index in [-0.39, 0.29) is 12.0 Å². The van der Waals surface area contributed by atoms with E-state index >= 15 is 0 Å². The van der Waals surface area contributed by atoms with Crippen molar-refractivity contribution >= 4 is 9.84 Å². The summed E-state index contributed by atoms with van der Waals surface area (Å²) in [5.74, 6) is -0.113. The Labute approximate surface area is 74.0 Å². The van der Waals surface area contributed by atoms with Crippen molar-refractivity contribution in [2.45, 2.75) is 38.2 Å². The van der Waals surface area contributed by atoms with Crippen molar-refractivity contribution in [1.29, 1.82) is 0 Å². The Morgan fingerprint density at radius 3 is 2.33 bits per heavy atom. The van der Waals surface area contributed by atoms with Crippen LogP contribution in [0, 0.1) is 0 Å². The summed E-state index contributed by atoms with van der Waals surface area (Å²) in [6, 6.07) is 0. The van der Waals surface area contributed by atoms with Crippen LogP contribution in [-0.2, 0) is 14.6 Å². The molecule has 72 valence electrons. The molecule has 1 saturated carbocycles. The first-order chi connectivity index (χ1) is 5.58. The van der Waals surface area contributed by atoms with Gasteiger partial charge in [0.25, 0.3) is 0 Å². The highest BCUT2D eigenvalue weighted by Crippen LogP contribution is 2.20. The predicted octanol–water partition coefficient (Wildman–Crippen LogP) is 1.34. The molecule has 1 aliphatic carbocycles. The third kappa shape index (κ3) is 4.07. The van der Waals surface area contributed by atoms with E-state index in [0.29, 0.717) is 0 Å². The lowest BCUT2D eigenvalue weighted by Gasteiger charge is -2.21. The standard InChI is InChI=1S/C8H16O3S/c1-12(9,10)7-11-8-5-3-2-4-6-8/h8H,2-7H2,1H3. The Kier molecular flexibility index (Phi) is 3.53. The van der Waals surface area contributed by atoms with Gasteiger partial charge >= 0.3 is 0 Å². The summed E-state index contributed by atoms with van der Waals surface area (Å²) in [5.41, 5.74) is 0. The molecule has 0 bridgehead atoms. The lowest BCUT2D eigenvalue weighted by molar-refractivity contribution is 0.0571. The van der Waals surface area contributed by atoms with Gasteiger partial charge in [0, 0.05) is 6.26 Å². The first-order valence-electron chi connectivity index (χ1n) is 4.37. The van der Waals surface area contributed by atoms with E-state index in [9.17, 15) is 8.42 Å². The maximum absolute atomic E-state index is 10.7. The Bertz CT molecular complexity index is 214. The van der Waals surface area contributed by atoms with Gasteiger partial charge in [0.2, 0.25) is 0 Å². The third-order valence-electron chi connectivity index (χ3n) is 2.07. The van der Waals surface area contributed by atoms with E-state index in [0.717, 1.165) is 12.8 Å². The molecule has 0 N–H and O–H groups in total. The van der Waals surface area contributed by atoms with Crippen molar-refractivity contribution in [1.82, 2.24) is 0 Å². The van der Waals surface area contributed by atoms with Gasteiger partial charge in [0.15, 0.2) is 9.84 Å². The molecular weight excluding hydrogens is 176 g/mol. The third-order valence-corrected chi connectivity index (χ3v) is 2.63. The summed E-state index contributed by atoms with van der Waals surface area (Å²) in [5, 5.41) is 0. The topological polar surface area (TPSA) is 43.4 Å². The molecule has 0 aromatic carbocycles. The normalized spacial score (nSPS) is 21.1. The summed E-state index contributed by atoms with van der Waals surface area (Å²) in [4.78, 5) is 0. The Morgan fingerprint density at radius 2 is 1.83 bits per heavy atom. The van der Waals surface area contributed by atoms with Crippen molar-refractivity contribution < 1.29 is 13.2 Å². The average Bonchev–Trinajstić information content (AvgIpc) is 2.02. The van der Waals surface area contributed by atoms with Crippen LogP contribution in [0.15, 0.2) is 0 Å². The Balaban J connectivity index is 2.22. The molecule has 0 heterocycles. The zero-order valence-corrected chi connectivity index (χ0v) is 8.27. The molecule has 0 aromatic heterocycles.